The molecule has 0 amide bonds. The van der Waals surface area contributed by atoms with E-state index in [4.69, 9.17) is 4.74 Å². The highest BCUT2D eigenvalue weighted by Gasteiger charge is 2.21. The second kappa shape index (κ2) is 9.26. The van der Waals surface area contributed by atoms with Crippen molar-refractivity contribution in [1.82, 2.24) is 14.9 Å². The van der Waals surface area contributed by atoms with Crippen LogP contribution in [0.4, 0.5) is 0 Å². The van der Waals surface area contributed by atoms with Crippen LogP contribution in [0.1, 0.15) is 25.8 Å². The molecular formula is C21H26N4O2S. The Balaban J connectivity index is 1.65. The minimum Gasteiger partial charge on any atom is -0.492 e. The van der Waals surface area contributed by atoms with Gasteiger partial charge in [-0.25, -0.2) is 4.98 Å². The molecule has 2 aromatic rings. The zero-order chi connectivity index (χ0) is 20.1. The van der Waals surface area contributed by atoms with Crippen molar-refractivity contribution in [3.05, 3.63) is 40.2 Å². The van der Waals surface area contributed by atoms with E-state index in [2.05, 4.69) is 28.7 Å². The standard InChI is InChI=1S/C21H26N4O2S/c1-14-10-15(2)13-25(12-14)8-9-27-17-6-4-16(5-7-17)19-18(11-22)20(26)24-21(23-19)28-3/h4-7,14-15H,8-10,12-13H2,1-3H3,(H,23,24,26). The second-order valence-electron chi connectivity index (χ2n) is 7.49. The van der Waals surface area contributed by atoms with E-state index < -0.39 is 5.56 Å². The molecule has 7 heteroatoms. The molecule has 2 atom stereocenters. The average Bonchev–Trinajstić information content (AvgIpc) is 2.67. The summed E-state index contributed by atoms with van der Waals surface area (Å²) in [6.07, 6.45) is 3.13. The van der Waals surface area contributed by atoms with Crippen molar-refractivity contribution >= 4 is 11.8 Å². The monoisotopic (exact) mass is 398 g/mol. The van der Waals surface area contributed by atoms with E-state index in [1.807, 2.05) is 36.6 Å². The number of aromatic amines is 1. The van der Waals surface area contributed by atoms with Gasteiger partial charge in [0, 0.05) is 25.2 Å². The normalized spacial score (nSPS) is 19.9. The van der Waals surface area contributed by atoms with E-state index in [-0.39, 0.29) is 5.56 Å². The van der Waals surface area contributed by atoms with Crippen molar-refractivity contribution in [1.29, 1.82) is 5.26 Å². The number of nitrogens with one attached hydrogen (secondary N) is 1. The number of rotatable bonds is 6. The molecule has 1 aromatic heterocycles. The second-order valence-corrected chi connectivity index (χ2v) is 8.28. The van der Waals surface area contributed by atoms with Gasteiger partial charge < -0.3 is 9.72 Å². The van der Waals surface area contributed by atoms with Crippen molar-refractivity contribution in [2.75, 3.05) is 32.5 Å². The predicted octanol–water partition coefficient (Wildman–Crippen LogP) is 3.39. The number of aromatic nitrogens is 2. The smallest absolute Gasteiger partial charge is 0.270 e. The molecule has 6 nitrogen and oxygen atoms in total. The fourth-order valence-electron chi connectivity index (χ4n) is 3.84. The highest BCUT2D eigenvalue weighted by molar-refractivity contribution is 7.98. The molecule has 1 aliphatic rings. The average molecular weight is 399 g/mol. The Kier molecular flexibility index (Phi) is 6.76. The first kappa shape index (κ1) is 20.4. The molecule has 148 valence electrons. The predicted molar refractivity (Wildman–Crippen MR) is 112 cm³/mol. The number of nitrogens with zero attached hydrogens (tertiary/aromatic N) is 3. The first-order valence-corrected chi connectivity index (χ1v) is 10.8. The Hall–Kier alpha value is -2.30. The molecule has 0 saturated carbocycles. The van der Waals surface area contributed by atoms with Gasteiger partial charge in [-0.05, 0) is 48.8 Å². The summed E-state index contributed by atoms with van der Waals surface area (Å²) in [7, 11) is 0. The summed E-state index contributed by atoms with van der Waals surface area (Å²) >= 11 is 1.33. The molecule has 28 heavy (non-hydrogen) atoms. The van der Waals surface area contributed by atoms with Crippen molar-refractivity contribution in [3.8, 4) is 23.1 Å². The number of ether oxygens (including phenoxy) is 1. The number of thioether (sulfide) groups is 1. The van der Waals surface area contributed by atoms with Gasteiger partial charge in [0.05, 0.1) is 5.69 Å². The number of hydrogen-bond acceptors (Lipinski definition) is 6. The molecule has 0 bridgehead atoms. The zero-order valence-electron chi connectivity index (χ0n) is 16.6. The summed E-state index contributed by atoms with van der Waals surface area (Å²) in [6.45, 7) is 8.45. The van der Waals surface area contributed by atoms with Crippen molar-refractivity contribution in [2.45, 2.75) is 25.4 Å². The van der Waals surface area contributed by atoms with E-state index in [9.17, 15) is 10.1 Å². The Morgan fingerprint density at radius 3 is 2.57 bits per heavy atom. The summed E-state index contributed by atoms with van der Waals surface area (Å²) in [5, 5.41) is 9.80. The number of nitriles is 1. The molecule has 1 fully saturated rings. The van der Waals surface area contributed by atoms with Crippen LogP contribution in [0.25, 0.3) is 11.3 Å². The summed E-state index contributed by atoms with van der Waals surface area (Å²) in [4.78, 5) is 21.5. The molecule has 0 radical (unpaired) electrons. The van der Waals surface area contributed by atoms with Crippen molar-refractivity contribution in [3.63, 3.8) is 0 Å². The van der Waals surface area contributed by atoms with Gasteiger partial charge in [-0.3, -0.25) is 9.69 Å². The Morgan fingerprint density at radius 1 is 1.29 bits per heavy atom. The van der Waals surface area contributed by atoms with Gasteiger partial charge in [-0.2, -0.15) is 5.26 Å². The van der Waals surface area contributed by atoms with Crippen molar-refractivity contribution < 1.29 is 4.74 Å². The summed E-state index contributed by atoms with van der Waals surface area (Å²) in [5.41, 5.74) is 0.740. The molecule has 1 aromatic carbocycles. The molecular weight excluding hydrogens is 372 g/mol. The van der Waals surface area contributed by atoms with Crippen LogP contribution in [0, 0.1) is 23.2 Å². The van der Waals surface area contributed by atoms with Crippen LogP contribution in [-0.4, -0.2) is 47.4 Å². The third kappa shape index (κ3) is 4.94. The van der Waals surface area contributed by atoms with E-state index in [1.165, 1.54) is 18.2 Å². The molecule has 2 unspecified atom stereocenters. The number of likely N-dealkylation sites (tertiary alicyclic amines) is 1. The van der Waals surface area contributed by atoms with Gasteiger partial charge in [0.2, 0.25) is 0 Å². The number of hydrogen-bond donors (Lipinski definition) is 1. The molecule has 0 aliphatic carbocycles. The quantitative estimate of drug-likeness (QED) is 0.593. The number of piperidine rings is 1. The van der Waals surface area contributed by atoms with Gasteiger partial charge in [0.25, 0.3) is 5.56 Å². The number of H-pyrrole nitrogens is 1. The fourth-order valence-corrected chi connectivity index (χ4v) is 4.22. The molecule has 1 saturated heterocycles. The van der Waals surface area contributed by atoms with Crippen LogP contribution in [0.5, 0.6) is 5.75 Å². The molecule has 2 heterocycles. The van der Waals surface area contributed by atoms with Gasteiger partial charge >= 0.3 is 0 Å². The first-order chi connectivity index (χ1) is 13.5. The summed E-state index contributed by atoms with van der Waals surface area (Å²) in [5.74, 6) is 2.26. The van der Waals surface area contributed by atoms with Gasteiger partial charge in [-0.15, -0.1) is 0 Å². The van der Waals surface area contributed by atoms with Gasteiger partial charge in [0.15, 0.2) is 5.16 Å². The van der Waals surface area contributed by atoms with E-state index in [0.29, 0.717) is 17.5 Å². The highest BCUT2D eigenvalue weighted by Crippen LogP contribution is 2.24. The number of benzene rings is 1. The van der Waals surface area contributed by atoms with Crippen molar-refractivity contribution in [2.24, 2.45) is 11.8 Å². The Morgan fingerprint density at radius 2 is 1.96 bits per heavy atom. The van der Waals surface area contributed by atoms with Crippen LogP contribution in [-0.2, 0) is 0 Å². The van der Waals surface area contributed by atoms with E-state index in [1.54, 1.807) is 0 Å². The lowest BCUT2D eigenvalue weighted by Crippen LogP contribution is -2.40. The zero-order valence-corrected chi connectivity index (χ0v) is 17.4. The Bertz CT molecular complexity index is 894. The largest absolute Gasteiger partial charge is 0.492 e. The highest BCUT2D eigenvalue weighted by atomic mass is 32.2. The maximum absolute atomic E-state index is 12.1. The maximum Gasteiger partial charge on any atom is 0.270 e. The lowest BCUT2D eigenvalue weighted by atomic mass is 9.92. The van der Waals surface area contributed by atoms with Crippen LogP contribution in [0.3, 0.4) is 0 Å². The van der Waals surface area contributed by atoms with E-state index in [0.717, 1.165) is 42.8 Å². The van der Waals surface area contributed by atoms with Crippen LogP contribution in [0.15, 0.2) is 34.2 Å². The summed E-state index contributed by atoms with van der Waals surface area (Å²) in [6, 6.07) is 9.36. The molecule has 1 N–H and O–H groups in total. The third-order valence-corrected chi connectivity index (χ3v) is 5.53. The first-order valence-electron chi connectivity index (χ1n) is 9.54. The molecule has 1 aliphatic heterocycles. The fraction of sp³-hybridized carbons (Fsp3) is 0.476. The maximum atomic E-state index is 12.1. The van der Waals surface area contributed by atoms with Crippen LogP contribution in [0.2, 0.25) is 0 Å². The lowest BCUT2D eigenvalue weighted by Gasteiger charge is -2.34. The minimum atomic E-state index is -0.415. The van der Waals surface area contributed by atoms with Gasteiger partial charge in [0.1, 0.15) is 24.0 Å². The van der Waals surface area contributed by atoms with Crippen LogP contribution >= 0.6 is 11.8 Å². The Labute approximate surface area is 169 Å². The van der Waals surface area contributed by atoms with Crippen LogP contribution < -0.4 is 10.3 Å². The minimum absolute atomic E-state index is 0.0276. The van der Waals surface area contributed by atoms with E-state index >= 15 is 0 Å². The summed E-state index contributed by atoms with van der Waals surface area (Å²) < 4.78 is 5.90. The van der Waals surface area contributed by atoms with Gasteiger partial charge in [-0.1, -0.05) is 25.6 Å². The molecule has 0 spiro atoms. The SMILES string of the molecule is CSc1nc(-c2ccc(OCCN3CC(C)CC(C)C3)cc2)c(C#N)c(=O)[nH]1. The third-order valence-electron chi connectivity index (χ3n) is 4.95. The molecule has 3 rings (SSSR count). The topological polar surface area (TPSA) is 82.0 Å². The lowest BCUT2D eigenvalue weighted by molar-refractivity contribution is 0.120.